The maximum Gasteiger partial charge on any atom is 0.273 e. The number of ether oxygens (including phenoxy) is 1. The number of rotatable bonds is 4. The Hall–Kier alpha value is -2.31. The predicted octanol–water partition coefficient (Wildman–Crippen LogP) is 1.75. The van der Waals surface area contributed by atoms with E-state index in [1.54, 1.807) is 24.7 Å². The van der Waals surface area contributed by atoms with Crippen molar-refractivity contribution in [2.45, 2.75) is 45.3 Å². The molecule has 22 heavy (non-hydrogen) atoms. The normalized spacial score (nSPS) is 21.0. The molecule has 0 spiro atoms. The first-order valence-electron chi connectivity index (χ1n) is 7.43. The number of oxazole rings is 1. The SMILES string of the molecule is Cc1nc(C(=O)N[C@H]2CCC[C@H]2Oc2cnn(C)c2)c(C)o1. The summed E-state index contributed by atoms with van der Waals surface area (Å²) in [5.41, 5.74) is 0.351. The molecule has 1 amide bonds. The molecule has 1 saturated carbocycles. The Balaban J connectivity index is 1.66. The molecule has 7 heteroatoms. The van der Waals surface area contributed by atoms with Crippen LogP contribution >= 0.6 is 0 Å². The highest BCUT2D eigenvalue weighted by Crippen LogP contribution is 2.25. The number of hydrogen-bond donors (Lipinski definition) is 1. The molecule has 1 aliphatic carbocycles. The smallest absolute Gasteiger partial charge is 0.273 e. The van der Waals surface area contributed by atoms with Gasteiger partial charge in [-0.15, -0.1) is 0 Å². The lowest BCUT2D eigenvalue weighted by molar-refractivity contribution is 0.0888. The quantitative estimate of drug-likeness (QED) is 0.930. The molecule has 2 heterocycles. The molecule has 0 bridgehead atoms. The van der Waals surface area contributed by atoms with E-state index in [1.165, 1.54) is 0 Å². The molecule has 7 nitrogen and oxygen atoms in total. The molecule has 1 aliphatic rings. The van der Waals surface area contributed by atoms with Gasteiger partial charge in [-0.25, -0.2) is 4.98 Å². The van der Waals surface area contributed by atoms with Crippen LogP contribution in [-0.2, 0) is 7.05 Å². The molecule has 2 atom stereocenters. The second kappa shape index (κ2) is 5.82. The van der Waals surface area contributed by atoms with Crippen molar-refractivity contribution in [2.75, 3.05) is 0 Å². The third-order valence-corrected chi connectivity index (χ3v) is 3.86. The fraction of sp³-hybridized carbons (Fsp3) is 0.533. The second-order valence-corrected chi connectivity index (χ2v) is 5.65. The Labute approximate surface area is 128 Å². The van der Waals surface area contributed by atoms with Gasteiger partial charge in [-0.1, -0.05) is 0 Å². The van der Waals surface area contributed by atoms with Crippen LogP contribution in [0, 0.1) is 13.8 Å². The molecule has 0 aliphatic heterocycles. The third-order valence-electron chi connectivity index (χ3n) is 3.86. The van der Waals surface area contributed by atoms with E-state index in [1.807, 2.05) is 13.2 Å². The molecule has 0 unspecified atom stereocenters. The maximum absolute atomic E-state index is 12.3. The lowest BCUT2D eigenvalue weighted by Gasteiger charge is -2.21. The number of nitrogens with zero attached hydrogens (tertiary/aromatic N) is 3. The first-order chi connectivity index (χ1) is 10.5. The van der Waals surface area contributed by atoms with Crippen LogP contribution in [0.15, 0.2) is 16.8 Å². The molecule has 1 fully saturated rings. The van der Waals surface area contributed by atoms with Crippen LogP contribution in [0.1, 0.15) is 41.4 Å². The van der Waals surface area contributed by atoms with Gasteiger partial charge in [-0.05, 0) is 26.2 Å². The zero-order chi connectivity index (χ0) is 15.7. The average Bonchev–Trinajstić information content (AvgIpc) is 3.13. The summed E-state index contributed by atoms with van der Waals surface area (Å²) in [4.78, 5) is 16.5. The van der Waals surface area contributed by atoms with Gasteiger partial charge in [0, 0.05) is 14.0 Å². The van der Waals surface area contributed by atoms with E-state index in [0.29, 0.717) is 17.3 Å². The molecule has 118 valence electrons. The zero-order valence-electron chi connectivity index (χ0n) is 13.0. The number of aromatic nitrogens is 3. The molecule has 0 radical (unpaired) electrons. The van der Waals surface area contributed by atoms with Crippen molar-refractivity contribution in [1.29, 1.82) is 0 Å². The molecule has 2 aromatic heterocycles. The topological polar surface area (TPSA) is 82.2 Å². The van der Waals surface area contributed by atoms with Crippen LogP contribution in [0.25, 0.3) is 0 Å². The Kier molecular flexibility index (Phi) is 3.87. The summed E-state index contributed by atoms with van der Waals surface area (Å²) < 4.78 is 12.9. The van der Waals surface area contributed by atoms with E-state index >= 15 is 0 Å². The van der Waals surface area contributed by atoms with Crippen molar-refractivity contribution in [3.05, 3.63) is 29.7 Å². The number of nitrogens with one attached hydrogen (secondary N) is 1. The molecule has 0 saturated heterocycles. The van der Waals surface area contributed by atoms with Crippen molar-refractivity contribution in [3.63, 3.8) is 0 Å². The van der Waals surface area contributed by atoms with Crippen LogP contribution in [-0.4, -0.2) is 32.8 Å². The minimum Gasteiger partial charge on any atom is -0.485 e. The Bertz CT molecular complexity index is 676. The first-order valence-corrected chi connectivity index (χ1v) is 7.43. The van der Waals surface area contributed by atoms with E-state index in [-0.39, 0.29) is 18.1 Å². The van der Waals surface area contributed by atoms with Gasteiger partial charge in [0.2, 0.25) is 0 Å². The number of carbonyl (C=O) groups is 1. The Morgan fingerprint density at radius 3 is 2.91 bits per heavy atom. The number of hydrogen-bond acceptors (Lipinski definition) is 5. The fourth-order valence-electron chi connectivity index (χ4n) is 2.84. The minimum atomic E-state index is -0.207. The summed E-state index contributed by atoms with van der Waals surface area (Å²) >= 11 is 0. The standard InChI is InChI=1S/C15H20N4O3/c1-9-14(17-10(2)21-9)15(20)18-12-5-4-6-13(12)22-11-7-16-19(3)8-11/h7-8,12-13H,4-6H2,1-3H3,(H,18,20)/t12-,13+/m0/s1. The summed E-state index contributed by atoms with van der Waals surface area (Å²) in [5, 5.41) is 7.10. The highest BCUT2D eigenvalue weighted by Gasteiger charge is 2.32. The molecule has 3 rings (SSSR count). The van der Waals surface area contributed by atoms with E-state index in [9.17, 15) is 4.79 Å². The summed E-state index contributed by atoms with van der Waals surface area (Å²) in [5.74, 6) is 1.55. The fourth-order valence-corrected chi connectivity index (χ4v) is 2.84. The monoisotopic (exact) mass is 304 g/mol. The Morgan fingerprint density at radius 1 is 1.45 bits per heavy atom. The second-order valence-electron chi connectivity index (χ2n) is 5.65. The summed E-state index contributed by atoms with van der Waals surface area (Å²) in [6, 6.07) is -0.0240. The van der Waals surface area contributed by atoms with Crippen molar-refractivity contribution in [2.24, 2.45) is 7.05 Å². The molecular weight excluding hydrogens is 284 g/mol. The van der Waals surface area contributed by atoms with E-state index in [4.69, 9.17) is 9.15 Å². The molecular formula is C15H20N4O3. The largest absolute Gasteiger partial charge is 0.485 e. The van der Waals surface area contributed by atoms with Gasteiger partial charge in [-0.3, -0.25) is 9.48 Å². The predicted molar refractivity (Wildman–Crippen MR) is 78.7 cm³/mol. The summed E-state index contributed by atoms with van der Waals surface area (Å²) in [6.07, 6.45) is 6.29. The lowest BCUT2D eigenvalue weighted by atomic mass is 10.2. The van der Waals surface area contributed by atoms with Gasteiger partial charge in [0.25, 0.3) is 5.91 Å². The van der Waals surface area contributed by atoms with E-state index in [0.717, 1.165) is 25.0 Å². The number of amides is 1. The number of aryl methyl sites for hydroxylation is 3. The summed E-state index contributed by atoms with van der Waals surface area (Å²) in [7, 11) is 1.84. The van der Waals surface area contributed by atoms with Crippen molar-refractivity contribution >= 4 is 5.91 Å². The lowest BCUT2D eigenvalue weighted by Crippen LogP contribution is -2.42. The highest BCUT2D eigenvalue weighted by molar-refractivity contribution is 5.93. The molecule has 2 aromatic rings. The zero-order valence-corrected chi connectivity index (χ0v) is 13.0. The highest BCUT2D eigenvalue weighted by atomic mass is 16.5. The van der Waals surface area contributed by atoms with Crippen molar-refractivity contribution in [3.8, 4) is 5.75 Å². The third kappa shape index (κ3) is 2.98. The maximum atomic E-state index is 12.3. The van der Waals surface area contributed by atoms with Crippen LogP contribution in [0.4, 0.5) is 0 Å². The van der Waals surface area contributed by atoms with Gasteiger partial charge in [0.1, 0.15) is 11.9 Å². The molecule has 0 aromatic carbocycles. The minimum absolute atomic E-state index is 0.0240. The van der Waals surface area contributed by atoms with E-state index < -0.39 is 0 Å². The van der Waals surface area contributed by atoms with Gasteiger partial charge in [0.05, 0.1) is 18.4 Å². The van der Waals surface area contributed by atoms with Crippen LogP contribution < -0.4 is 10.1 Å². The van der Waals surface area contributed by atoms with Crippen molar-refractivity contribution < 1.29 is 13.9 Å². The van der Waals surface area contributed by atoms with Gasteiger partial charge >= 0.3 is 0 Å². The van der Waals surface area contributed by atoms with Gasteiger partial charge < -0.3 is 14.5 Å². The van der Waals surface area contributed by atoms with Crippen LogP contribution in [0.2, 0.25) is 0 Å². The number of carbonyl (C=O) groups excluding carboxylic acids is 1. The van der Waals surface area contributed by atoms with Gasteiger partial charge in [0.15, 0.2) is 17.3 Å². The first kappa shape index (κ1) is 14.6. The average molecular weight is 304 g/mol. The van der Waals surface area contributed by atoms with Crippen LogP contribution in [0.5, 0.6) is 5.75 Å². The van der Waals surface area contributed by atoms with E-state index in [2.05, 4.69) is 15.4 Å². The van der Waals surface area contributed by atoms with Crippen LogP contribution in [0.3, 0.4) is 0 Å². The summed E-state index contributed by atoms with van der Waals surface area (Å²) in [6.45, 7) is 3.47. The van der Waals surface area contributed by atoms with Crippen molar-refractivity contribution in [1.82, 2.24) is 20.1 Å². The Morgan fingerprint density at radius 2 is 2.27 bits per heavy atom. The van der Waals surface area contributed by atoms with Gasteiger partial charge in [-0.2, -0.15) is 5.10 Å². The molecule has 1 N–H and O–H groups in total.